The van der Waals surface area contributed by atoms with Gasteiger partial charge in [0.15, 0.2) is 0 Å². The zero-order chi connectivity index (χ0) is 17.8. The van der Waals surface area contributed by atoms with Crippen LogP contribution in [0.25, 0.3) is 0 Å². The standard InChI is InChI=1S/C21H33F3O/c1-14-2-4-15(5-3-14)16-6-8-17(9-7-16)18-10-11-20(19(22)12-18)25-13-21(23)24/h13-20H,2-12H2,1H3. The molecule has 3 aliphatic carbocycles. The van der Waals surface area contributed by atoms with Crippen molar-refractivity contribution >= 4 is 0 Å². The minimum absolute atomic E-state index is 0.411. The normalized spacial score (nSPS) is 42.6. The van der Waals surface area contributed by atoms with E-state index in [1.54, 1.807) is 0 Å². The molecule has 0 radical (unpaired) electrons. The van der Waals surface area contributed by atoms with Crippen LogP contribution in [0.5, 0.6) is 0 Å². The maximum Gasteiger partial charge on any atom is 0.304 e. The quantitative estimate of drug-likeness (QED) is 0.498. The van der Waals surface area contributed by atoms with E-state index in [0.717, 1.165) is 24.2 Å². The Labute approximate surface area is 150 Å². The predicted octanol–water partition coefficient (Wildman–Crippen LogP) is 6.88. The molecule has 0 saturated heterocycles. The molecular weight excluding hydrogens is 325 g/mol. The van der Waals surface area contributed by atoms with Gasteiger partial charge >= 0.3 is 6.08 Å². The molecule has 3 rings (SSSR count). The van der Waals surface area contributed by atoms with Crippen LogP contribution in [0.15, 0.2) is 12.3 Å². The van der Waals surface area contributed by atoms with Crippen molar-refractivity contribution in [1.29, 1.82) is 0 Å². The highest BCUT2D eigenvalue weighted by molar-refractivity contribution is 4.89. The Kier molecular flexibility index (Phi) is 6.73. The van der Waals surface area contributed by atoms with Gasteiger partial charge in [0, 0.05) is 0 Å². The number of alkyl halides is 1. The second-order valence-electron chi connectivity index (χ2n) is 8.87. The Morgan fingerprint density at radius 2 is 1.24 bits per heavy atom. The Morgan fingerprint density at radius 3 is 1.76 bits per heavy atom. The topological polar surface area (TPSA) is 9.23 Å². The summed E-state index contributed by atoms with van der Waals surface area (Å²) in [6.45, 7) is 2.37. The first-order valence-corrected chi connectivity index (χ1v) is 10.3. The van der Waals surface area contributed by atoms with Gasteiger partial charge in [0.1, 0.15) is 18.5 Å². The van der Waals surface area contributed by atoms with E-state index in [2.05, 4.69) is 6.92 Å². The Bertz CT molecular complexity index is 432. The van der Waals surface area contributed by atoms with Gasteiger partial charge in [-0.05, 0) is 87.4 Å². The molecule has 0 spiro atoms. The Morgan fingerprint density at radius 1 is 0.760 bits per heavy atom. The summed E-state index contributed by atoms with van der Waals surface area (Å²) in [6.07, 6.45) is 9.41. The maximum atomic E-state index is 14.3. The first-order valence-electron chi connectivity index (χ1n) is 10.3. The van der Waals surface area contributed by atoms with Crippen molar-refractivity contribution in [2.75, 3.05) is 0 Å². The molecule has 0 amide bonds. The zero-order valence-electron chi connectivity index (χ0n) is 15.4. The molecule has 0 aromatic rings. The minimum Gasteiger partial charge on any atom is -0.489 e. The second kappa shape index (κ2) is 8.81. The summed E-state index contributed by atoms with van der Waals surface area (Å²) < 4.78 is 43.4. The van der Waals surface area contributed by atoms with Gasteiger partial charge < -0.3 is 4.74 Å². The summed E-state index contributed by atoms with van der Waals surface area (Å²) in [5, 5.41) is 0. The lowest BCUT2D eigenvalue weighted by Gasteiger charge is -2.41. The van der Waals surface area contributed by atoms with Crippen LogP contribution >= 0.6 is 0 Å². The van der Waals surface area contributed by atoms with Crippen molar-refractivity contribution < 1.29 is 17.9 Å². The van der Waals surface area contributed by atoms with Gasteiger partial charge in [0.2, 0.25) is 0 Å². The van der Waals surface area contributed by atoms with Gasteiger partial charge in [-0.15, -0.1) is 0 Å². The molecule has 0 aliphatic heterocycles. The third kappa shape index (κ3) is 5.17. The highest BCUT2D eigenvalue weighted by Gasteiger charge is 2.38. The number of ether oxygens (including phenoxy) is 1. The van der Waals surface area contributed by atoms with Crippen LogP contribution in [0, 0.1) is 29.6 Å². The molecule has 144 valence electrons. The van der Waals surface area contributed by atoms with E-state index in [0.29, 0.717) is 30.9 Å². The lowest BCUT2D eigenvalue weighted by Crippen LogP contribution is -2.36. The molecule has 4 heteroatoms. The van der Waals surface area contributed by atoms with Crippen molar-refractivity contribution in [2.45, 2.75) is 89.8 Å². The first kappa shape index (κ1) is 19.1. The van der Waals surface area contributed by atoms with E-state index < -0.39 is 18.4 Å². The first-order chi connectivity index (χ1) is 12.0. The van der Waals surface area contributed by atoms with Crippen LogP contribution in [-0.4, -0.2) is 12.3 Å². The summed E-state index contributed by atoms with van der Waals surface area (Å²) >= 11 is 0. The molecule has 3 aliphatic rings. The van der Waals surface area contributed by atoms with Gasteiger partial charge in [-0.3, -0.25) is 0 Å². The van der Waals surface area contributed by atoms with Crippen molar-refractivity contribution in [1.82, 2.24) is 0 Å². The number of halogens is 3. The summed E-state index contributed by atoms with van der Waals surface area (Å²) in [4.78, 5) is 0. The Balaban J connectivity index is 1.42. The summed E-state index contributed by atoms with van der Waals surface area (Å²) in [7, 11) is 0. The predicted molar refractivity (Wildman–Crippen MR) is 94.0 cm³/mol. The van der Waals surface area contributed by atoms with Crippen molar-refractivity contribution in [3.05, 3.63) is 12.3 Å². The Hall–Kier alpha value is -0.670. The van der Waals surface area contributed by atoms with Crippen LogP contribution in [-0.2, 0) is 4.74 Å². The van der Waals surface area contributed by atoms with E-state index in [1.165, 1.54) is 51.4 Å². The van der Waals surface area contributed by atoms with Crippen LogP contribution in [0.2, 0.25) is 0 Å². The SMILES string of the molecule is CC1CCC(C2CCC(C3CCC(OC=C(F)F)C(F)C3)CC2)CC1. The van der Waals surface area contributed by atoms with E-state index in [9.17, 15) is 13.2 Å². The molecule has 0 N–H and O–H groups in total. The third-order valence-electron chi connectivity index (χ3n) is 7.30. The monoisotopic (exact) mass is 358 g/mol. The highest BCUT2D eigenvalue weighted by atomic mass is 19.3. The smallest absolute Gasteiger partial charge is 0.304 e. The zero-order valence-corrected chi connectivity index (χ0v) is 15.4. The number of hydrogen-bond acceptors (Lipinski definition) is 1. The van der Waals surface area contributed by atoms with Gasteiger partial charge in [0.05, 0.1) is 0 Å². The molecule has 0 aromatic carbocycles. The van der Waals surface area contributed by atoms with Crippen LogP contribution < -0.4 is 0 Å². The molecule has 0 heterocycles. The molecule has 0 aromatic heterocycles. The van der Waals surface area contributed by atoms with Gasteiger partial charge in [0.25, 0.3) is 0 Å². The molecule has 3 fully saturated rings. The largest absolute Gasteiger partial charge is 0.489 e. The van der Waals surface area contributed by atoms with Gasteiger partial charge in [-0.2, -0.15) is 8.78 Å². The second-order valence-corrected chi connectivity index (χ2v) is 8.87. The number of rotatable bonds is 4. The summed E-state index contributed by atoms with van der Waals surface area (Å²) in [5.74, 6) is 3.78. The summed E-state index contributed by atoms with van der Waals surface area (Å²) in [6, 6.07) is 0. The molecule has 3 unspecified atom stereocenters. The average Bonchev–Trinajstić information content (AvgIpc) is 2.61. The molecule has 25 heavy (non-hydrogen) atoms. The average molecular weight is 358 g/mol. The van der Waals surface area contributed by atoms with Gasteiger partial charge in [-0.1, -0.05) is 19.8 Å². The van der Waals surface area contributed by atoms with Crippen molar-refractivity contribution in [3.63, 3.8) is 0 Å². The molecule has 3 saturated carbocycles. The van der Waals surface area contributed by atoms with Crippen LogP contribution in [0.3, 0.4) is 0 Å². The van der Waals surface area contributed by atoms with Crippen LogP contribution in [0.1, 0.15) is 77.6 Å². The molecule has 3 atom stereocenters. The lowest BCUT2D eigenvalue weighted by molar-refractivity contribution is -0.00892. The maximum absolute atomic E-state index is 14.3. The van der Waals surface area contributed by atoms with E-state index in [-0.39, 0.29) is 0 Å². The lowest BCUT2D eigenvalue weighted by atomic mass is 9.65. The third-order valence-corrected chi connectivity index (χ3v) is 7.30. The number of hydrogen-bond donors (Lipinski definition) is 0. The van der Waals surface area contributed by atoms with E-state index in [4.69, 9.17) is 4.74 Å². The summed E-state index contributed by atoms with van der Waals surface area (Å²) in [5.41, 5.74) is 0. The fourth-order valence-corrected chi connectivity index (χ4v) is 5.68. The molecule has 1 nitrogen and oxygen atoms in total. The van der Waals surface area contributed by atoms with E-state index >= 15 is 0 Å². The van der Waals surface area contributed by atoms with E-state index in [1.807, 2.05) is 0 Å². The molecule has 0 bridgehead atoms. The van der Waals surface area contributed by atoms with Crippen molar-refractivity contribution in [3.8, 4) is 0 Å². The minimum atomic E-state index is -1.88. The van der Waals surface area contributed by atoms with Crippen molar-refractivity contribution in [2.24, 2.45) is 29.6 Å². The fourth-order valence-electron chi connectivity index (χ4n) is 5.68. The highest BCUT2D eigenvalue weighted by Crippen LogP contribution is 2.45. The van der Waals surface area contributed by atoms with Gasteiger partial charge in [-0.25, -0.2) is 4.39 Å². The van der Waals surface area contributed by atoms with Crippen LogP contribution in [0.4, 0.5) is 13.2 Å². The molecular formula is C21H33F3O. The fraction of sp³-hybridized carbons (Fsp3) is 0.905.